The fourth-order valence-electron chi connectivity index (χ4n) is 5.98. The van der Waals surface area contributed by atoms with Crippen molar-refractivity contribution in [3.8, 4) is 0 Å². The van der Waals surface area contributed by atoms with Gasteiger partial charge in [0.15, 0.2) is 0 Å². The van der Waals surface area contributed by atoms with Crippen LogP contribution in [0.25, 0.3) is 0 Å². The van der Waals surface area contributed by atoms with Crippen molar-refractivity contribution >= 4 is 141 Å². The SMILES string of the molecule is C=C[Si](C=C)([Si](Cl)(Cl)[Si](Cl)(Cl)[Si](Cl)(Cl)Cl)[Si](c1ccccc1)(c1ccccc1)[Si](C)(C)[Si](C)(C)[Si](C)(C)C. The maximum atomic E-state index is 7.78. The van der Waals surface area contributed by atoms with Crippen molar-refractivity contribution in [1.82, 2.24) is 0 Å². The summed E-state index contributed by atoms with van der Waals surface area (Å²) in [4.78, 5) is 0. The van der Waals surface area contributed by atoms with Crippen molar-refractivity contribution in [3.63, 3.8) is 0 Å². The third kappa shape index (κ3) is 5.21. The Morgan fingerprint density at radius 2 is 0.868 bits per heavy atom. The number of hydrogen-bond acceptors (Lipinski definition) is 0. The van der Waals surface area contributed by atoms with E-state index in [0.717, 1.165) is 0 Å². The van der Waals surface area contributed by atoms with Crippen molar-refractivity contribution in [2.45, 2.75) is 45.8 Å². The standard InChI is InChI=1S/C23H37Cl7Si8/c1-10-34(11-2,37(27,28)38(29,30)36(24,25)26)35(22-18-14-12-15-19-22,23-20-16-13-17-21-23)33(8,9)32(6,7)31(3,4)5/h10-21H,1-2H2,3-9H3. The average molecular weight is 786 g/mol. The molecule has 0 N–H and O–H groups in total. The summed E-state index contributed by atoms with van der Waals surface area (Å²) in [7, 11) is -12.2. The van der Waals surface area contributed by atoms with E-state index in [9.17, 15) is 0 Å². The third-order valence-corrected chi connectivity index (χ3v) is 182. The van der Waals surface area contributed by atoms with Crippen molar-refractivity contribution in [2.24, 2.45) is 0 Å². The van der Waals surface area contributed by atoms with Gasteiger partial charge >= 0.3 is 11.2 Å². The van der Waals surface area contributed by atoms with Gasteiger partial charge in [-0.25, -0.2) is 0 Å². The Morgan fingerprint density at radius 1 is 0.526 bits per heavy atom. The molecule has 0 amide bonds. The summed E-state index contributed by atoms with van der Waals surface area (Å²) in [6.45, 7) is 26.8. The monoisotopic (exact) mass is 782 g/mol. The zero-order valence-corrected chi connectivity index (χ0v) is 36.3. The molecule has 0 aromatic heterocycles. The van der Waals surface area contributed by atoms with Crippen LogP contribution in [0.2, 0.25) is 45.8 Å². The summed E-state index contributed by atoms with van der Waals surface area (Å²) >= 11 is 50.1. The molecule has 0 aliphatic heterocycles. The maximum absolute atomic E-state index is 7.78. The second kappa shape index (κ2) is 12.0. The van der Waals surface area contributed by atoms with Crippen LogP contribution in [-0.4, -0.2) is 53.0 Å². The molecule has 0 spiro atoms. The highest BCUT2D eigenvalue weighted by atomic mass is 35.9. The molecule has 0 atom stereocenters. The lowest BCUT2D eigenvalue weighted by atomic mass is 10.4. The minimum atomic E-state index is -3.82. The molecule has 38 heavy (non-hydrogen) atoms. The number of hydrogen-bond donors (Lipinski definition) is 0. The molecular formula is C23H37Cl7Si8. The fraction of sp³-hybridized carbons (Fsp3) is 0.304. The zero-order chi connectivity index (χ0) is 29.6. The summed E-state index contributed by atoms with van der Waals surface area (Å²) in [6, 6.07) is 21.6. The second-order valence-corrected chi connectivity index (χ2v) is 106. The Morgan fingerprint density at radius 3 is 1.13 bits per heavy atom. The van der Waals surface area contributed by atoms with Gasteiger partial charge in [-0.3, -0.25) is 0 Å². The second-order valence-electron chi connectivity index (χ2n) is 11.9. The summed E-state index contributed by atoms with van der Waals surface area (Å²) < 4.78 is 0. The Balaban J connectivity index is 3.43. The molecule has 0 aliphatic rings. The molecule has 2 rings (SSSR count). The number of rotatable bonds is 11. The van der Waals surface area contributed by atoms with E-state index in [2.05, 4.69) is 120 Å². The van der Waals surface area contributed by atoms with Gasteiger partial charge in [-0.15, -0.1) is 90.7 Å². The van der Waals surface area contributed by atoms with Gasteiger partial charge in [0.2, 0.25) is 0 Å². The minimum absolute atomic E-state index is 1.29. The minimum Gasteiger partial charge on any atom is -0.150 e. The quantitative estimate of drug-likeness (QED) is 0.158. The van der Waals surface area contributed by atoms with E-state index < -0.39 is 53.0 Å². The first-order valence-corrected chi connectivity index (χ1v) is 46.0. The van der Waals surface area contributed by atoms with Gasteiger partial charge in [0.25, 0.3) is 5.73 Å². The highest BCUT2D eigenvalue weighted by molar-refractivity contribution is 8.31. The lowest BCUT2D eigenvalue weighted by molar-refractivity contribution is 1.71. The Kier molecular flexibility index (Phi) is 11.3. The van der Waals surface area contributed by atoms with Crippen molar-refractivity contribution < 1.29 is 0 Å². The molecule has 0 bridgehead atoms. The molecule has 0 unspecified atom stereocenters. The first-order valence-electron chi connectivity index (χ1n) is 12.3. The van der Waals surface area contributed by atoms with Crippen LogP contribution in [0.5, 0.6) is 0 Å². The van der Waals surface area contributed by atoms with Crippen molar-refractivity contribution in [1.29, 1.82) is 0 Å². The van der Waals surface area contributed by atoms with Crippen LogP contribution in [0.4, 0.5) is 0 Å². The van der Waals surface area contributed by atoms with E-state index in [4.69, 9.17) is 77.6 Å². The van der Waals surface area contributed by atoms with E-state index in [1.54, 1.807) is 0 Å². The summed E-state index contributed by atoms with van der Waals surface area (Å²) in [5, 5.41) is 2.57. The first kappa shape index (κ1) is 35.9. The highest BCUT2D eigenvalue weighted by Crippen LogP contribution is 2.54. The molecule has 0 fully saturated rings. The molecule has 0 heterocycles. The molecule has 210 valence electrons. The largest absolute Gasteiger partial charge is 0.358 e. The molecular weight excluding hydrogens is 749 g/mol. The zero-order valence-electron chi connectivity index (χ0n) is 23.0. The normalized spacial score (nSPS) is 14.8. The first-order chi connectivity index (χ1) is 17.1. The van der Waals surface area contributed by atoms with Crippen LogP contribution in [-0.2, 0) is 0 Å². The smallest absolute Gasteiger partial charge is 0.150 e. The molecule has 2 aromatic carbocycles. The van der Waals surface area contributed by atoms with Gasteiger partial charge in [-0.1, -0.05) is 128 Å². The van der Waals surface area contributed by atoms with Crippen LogP contribution in [0.1, 0.15) is 0 Å². The average Bonchev–Trinajstić information content (AvgIpc) is 2.81. The van der Waals surface area contributed by atoms with Gasteiger partial charge < -0.3 is 0 Å². The molecule has 15 heteroatoms. The molecule has 0 saturated carbocycles. The van der Waals surface area contributed by atoms with Crippen LogP contribution in [0.15, 0.2) is 85.2 Å². The Hall–Kier alpha value is 1.69. The van der Waals surface area contributed by atoms with Crippen LogP contribution < -0.4 is 10.4 Å². The molecule has 0 radical (unpaired) electrons. The van der Waals surface area contributed by atoms with Crippen LogP contribution >= 0.6 is 77.6 Å². The lowest BCUT2D eigenvalue weighted by Crippen LogP contribution is -2.99. The summed E-state index contributed by atoms with van der Waals surface area (Å²) in [6.07, 6.45) is 0. The van der Waals surface area contributed by atoms with E-state index in [1.807, 2.05) is 11.4 Å². The third-order valence-electron chi connectivity index (χ3n) is 9.32. The molecule has 2 aromatic rings. The molecule has 0 nitrogen and oxygen atoms in total. The molecule has 0 aliphatic carbocycles. The van der Waals surface area contributed by atoms with Gasteiger partial charge in [-0.05, 0) is 0 Å². The lowest BCUT2D eigenvalue weighted by Gasteiger charge is -2.63. The summed E-state index contributed by atoms with van der Waals surface area (Å²) in [5.41, 5.74) is -7.22. The van der Waals surface area contributed by atoms with Crippen molar-refractivity contribution in [3.05, 3.63) is 85.2 Å². The molecule has 0 saturated heterocycles. The van der Waals surface area contributed by atoms with Gasteiger partial charge in [-0.2, -0.15) is 0 Å². The number of halogens is 7. The van der Waals surface area contributed by atoms with Crippen molar-refractivity contribution in [2.75, 3.05) is 0 Å². The van der Waals surface area contributed by atoms with E-state index >= 15 is 0 Å². The number of benzene rings is 2. The van der Waals surface area contributed by atoms with Crippen LogP contribution in [0.3, 0.4) is 0 Å². The van der Waals surface area contributed by atoms with E-state index in [0.29, 0.717) is 0 Å². The highest BCUT2D eigenvalue weighted by Gasteiger charge is 2.82. The van der Waals surface area contributed by atoms with E-state index in [-0.39, 0.29) is 0 Å². The topological polar surface area (TPSA) is 0 Å². The van der Waals surface area contributed by atoms with Crippen LogP contribution in [0, 0.1) is 0 Å². The maximum Gasteiger partial charge on any atom is 0.358 e. The Labute approximate surface area is 269 Å². The van der Waals surface area contributed by atoms with E-state index in [1.165, 1.54) is 10.4 Å². The summed E-state index contributed by atoms with van der Waals surface area (Å²) in [5.74, 6) is 0. The fourth-order valence-corrected chi connectivity index (χ4v) is 238. The van der Waals surface area contributed by atoms with Gasteiger partial charge in [0.05, 0.1) is 0 Å². The predicted octanol–water partition coefficient (Wildman–Crippen LogP) is 8.95. The Bertz CT molecular complexity index is 1100. The van der Waals surface area contributed by atoms with Gasteiger partial charge in [0, 0.05) is 21.8 Å². The predicted molar refractivity (Wildman–Crippen MR) is 201 cm³/mol. The van der Waals surface area contributed by atoms with Gasteiger partial charge in [0.1, 0.15) is 14.2 Å².